The number of para-hydroxylation sites is 1. The summed E-state index contributed by atoms with van der Waals surface area (Å²) in [7, 11) is 2.03. The van der Waals surface area contributed by atoms with Gasteiger partial charge in [0.25, 0.3) is 5.91 Å². The lowest BCUT2D eigenvalue weighted by molar-refractivity contribution is 0.0658. The number of aryl methyl sites for hydroxylation is 1. The van der Waals surface area contributed by atoms with Crippen LogP contribution in [-0.2, 0) is 0 Å². The number of hydrogen-bond donors (Lipinski definition) is 1. The molecule has 0 atom stereocenters. The third-order valence-corrected chi connectivity index (χ3v) is 3.98. The van der Waals surface area contributed by atoms with Crippen LogP contribution < -0.4 is 5.32 Å². The van der Waals surface area contributed by atoms with Crippen LogP contribution in [0.4, 0.5) is 16.0 Å². The zero-order chi connectivity index (χ0) is 17.1. The summed E-state index contributed by atoms with van der Waals surface area (Å²) >= 11 is 0. The van der Waals surface area contributed by atoms with Gasteiger partial charge < -0.3 is 15.1 Å². The van der Waals surface area contributed by atoms with Gasteiger partial charge in [0, 0.05) is 31.9 Å². The van der Waals surface area contributed by atoms with E-state index in [1.807, 2.05) is 7.05 Å². The molecule has 1 aliphatic rings. The van der Waals surface area contributed by atoms with E-state index >= 15 is 0 Å². The van der Waals surface area contributed by atoms with E-state index in [0.717, 1.165) is 13.1 Å². The minimum absolute atomic E-state index is 0.120. The van der Waals surface area contributed by atoms with Crippen LogP contribution in [0.5, 0.6) is 0 Å². The van der Waals surface area contributed by atoms with E-state index in [4.69, 9.17) is 0 Å². The Hall–Kier alpha value is -2.54. The maximum absolute atomic E-state index is 13.8. The first-order chi connectivity index (χ1) is 11.5. The number of nitrogens with one attached hydrogen (secondary N) is 1. The number of hydrogen-bond acceptors (Lipinski definition) is 5. The number of rotatable bonds is 3. The standard InChI is InChI=1S/C17H20FN5O/c1-12-11-15(16(24)23-9-7-22(2)8-10-23)21-17(19-12)20-14-6-4-3-5-13(14)18/h3-6,11H,7-10H2,1-2H3,(H,19,20,21). The smallest absolute Gasteiger partial charge is 0.272 e. The van der Waals surface area contributed by atoms with Crippen molar-refractivity contribution >= 4 is 17.5 Å². The number of nitrogens with zero attached hydrogens (tertiary/aromatic N) is 4. The van der Waals surface area contributed by atoms with E-state index in [1.54, 1.807) is 36.1 Å². The molecule has 2 heterocycles. The molecule has 24 heavy (non-hydrogen) atoms. The molecule has 1 amide bonds. The van der Waals surface area contributed by atoms with Crippen molar-refractivity contribution in [3.05, 3.63) is 47.5 Å². The molecule has 0 saturated carbocycles. The first-order valence-corrected chi connectivity index (χ1v) is 7.88. The highest BCUT2D eigenvalue weighted by atomic mass is 19.1. The van der Waals surface area contributed by atoms with Crippen molar-refractivity contribution in [2.45, 2.75) is 6.92 Å². The van der Waals surface area contributed by atoms with Crippen LogP contribution in [0.15, 0.2) is 30.3 Å². The van der Waals surface area contributed by atoms with E-state index in [2.05, 4.69) is 20.2 Å². The minimum atomic E-state index is -0.394. The van der Waals surface area contributed by atoms with Gasteiger partial charge in [0.15, 0.2) is 0 Å². The van der Waals surface area contributed by atoms with E-state index in [1.165, 1.54) is 6.07 Å². The Morgan fingerprint density at radius 1 is 1.17 bits per heavy atom. The normalized spacial score (nSPS) is 15.4. The van der Waals surface area contributed by atoms with Gasteiger partial charge in [-0.15, -0.1) is 0 Å². The number of amides is 1. The van der Waals surface area contributed by atoms with Gasteiger partial charge in [-0.25, -0.2) is 14.4 Å². The number of aromatic nitrogens is 2. The maximum Gasteiger partial charge on any atom is 0.272 e. The Labute approximate surface area is 140 Å². The van der Waals surface area contributed by atoms with Crippen molar-refractivity contribution in [3.63, 3.8) is 0 Å². The Morgan fingerprint density at radius 3 is 2.58 bits per heavy atom. The molecule has 0 bridgehead atoms. The summed E-state index contributed by atoms with van der Waals surface area (Å²) in [5.41, 5.74) is 1.26. The predicted molar refractivity (Wildman–Crippen MR) is 89.9 cm³/mol. The maximum atomic E-state index is 13.8. The molecule has 0 spiro atoms. The number of benzene rings is 1. The van der Waals surface area contributed by atoms with Crippen LogP contribution >= 0.6 is 0 Å². The van der Waals surface area contributed by atoms with Gasteiger partial charge in [-0.05, 0) is 32.2 Å². The summed E-state index contributed by atoms with van der Waals surface area (Å²) in [6, 6.07) is 7.95. The molecule has 3 rings (SSSR count). The summed E-state index contributed by atoms with van der Waals surface area (Å²) in [6.07, 6.45) is 0. The van der Waals surface area contributed by atoms with Crippen LogP contribution in [0.1, 0.15) is 16.2 Å². The zero-order valence-electron chi connectivity index (χ0n) is 13.8. The van der Waals surface area contributed by atoms with Crippen LogP contribution in [0.25, 0.3) is 0 Å². The molecule has 126 valence electrons. The molecule has 0 radical (unpaired) electrons. The molecule has 1 aliphatic heterocycles. The molecule has 1 fully saturated rings. The third kappa shape index (κ3) is 3.68. The van der Waals surface area contributed by atoms with Crippen LogP contribution in [-0.4, -0.2) is 58.9 Å². The van der Waals surface area contributed by atoms with Crippen molar-refractivity contribution < 1.29 is 9.18 Å². The Morgan fingerprint density at radius 2 is 1.88 bits per heavy atom. The number of carbonyl (C=O) groups excluding carboxylic acids is 1. The molecule has 1 aromatic carbocycles. The molecule has 6 nitrogen and oxygen atoms in total. The SMILES string of the molecule is Cc1cc(C(=O)N2CCN(C)CC2)nc(Nc2ccccc2F)n1. The Kier molecular flexibility index (Phi) is 4.71. The van der Waals surface area contributed by atoms with Gasteiger partial charge in [-0.2, -0.15) is 0 Å². The summed E-state index contributed by atoms with van der Waals surface area (Å²) in [6.45, 7) is 4.82. The fraction of sp³-hybridized carbons (Fsp3) is 0.353. The Bertz CT molecular complexity index is 744. The first kappa shape index (κ1) is 16.3. The predicted octanol–water partition coefficient (Wildman–Crippen LogP) is 2.06. The fourth-order valence-corrected chi connectivity index (χ4v) is 2.59. The van der Waals surface area contributed by atoms with Gasteiger partial charge in [0.2, 0.25) is 5.95 Å². The van der Waals surface area contributed by atoms with E-state index in [0.29, 0.717) is 24.5 Å². The molecular weight excluding hydrogens is 309 g/mol. The molecule has 2 aromatic rings. The molecule has 0 aliphatic carbocycles. The lowest BCUT2D eigenvalue weighted by atomic mass is 10.2. The van der Waals surface area contributed by atoms with Crippen molar-refractivity contribution in [3.8, 4) is 0 Å². The minimum Gasteiger partial charge on any atom is -0.335 e. The topological polar surface area (TPSA) is 61.4 Å². The number of likely N-dealkylation sites (N-methyl/N-ethyl adjacent to an activating group) is 1. The van der Waals surface area contributed by atoms with Gasteiger partial charge >= 0.3 is 0 Å². The number of anilines is 2. The molecule has 7 heteroatoms. The molecule has 1 N–H and O–H groups in total. The average molecular weight is 329 g/mol. The fourth-order valence-electron chi connectivity index (χ4n) is 2.59. The van der Waals surface area contributed by atoms with Crippen molar-refractivity contribution in [1.82, 2.24) is 19.8 Å². The van der Waals surface area contributed by atoms with Gasteiger partial charge in [0.1, 0.15) is 11.5 Å². The van der Waals surface area contributed by atoms with Crippen molar-refractivity contribution in [2.75, 3.05) is 38.5 Å². The highest BCUT2D eigenvalue weighted by Crippen LogP contribution is 2.18. The van der Waals surface area contributed by atoms with E-state index in [-0.39, 0.29) is 17.5 Å². The van der Waals surface area contributed by atoms with Crippen molar-refractivity contribution in [1.29, 1.82) is 0 Å². The largest absolute Gasteiger partial charge is 0.335 e. The van der Waals surface area contributed by atoms with Crippen molar-refractivity contribution in [2.24, 2.45) is 0 Å². The third-order valence-electron chi connectivity index (χ3n) is 3.98. The molecule has 0 unspecified atom stereocenters. The second kappa shape index (κ2) is 6.92. The van der Waals surface area contributed by atoms with E-state index < -0.39 is 5.82 Å². The summed E-state index contributed by atoms with van der Waals surface area (Å²) in [5, 5.41) is 2.84. The quantitative estimate of drug-likeness (QED) is 0.934. The Balaban J connectivity index is 1.81. The summed E-state index contributed by atoms with van der Waals surface area (Å²) in [5.74, 6) is -0.294. The van der Waals surface area contributed by atoms with Gasteiger partial charge in [-0.1, -0.05) is 12.1 Å². The zero-order valence-corrected chi connectivity index (χ0v) is 13.8. The van der Waals surface area contributed by atoms with Gasteiger partial charge in [-0.3, -0.25) is 4.79 Å². The molecule has 1 aromatic heterocycles. The average Bonchev–Trinajstić information content (AvgIpc) is 2.56. The number of piperazine rings is 1. The second-order valence-electron chi connectivity index (χ2n) is 5.92. The van der Waals surface area contributed by atoms with E-state index in [9.17, 15) is 9.18 Å². The second-order valence-corrected chi connectivity index (χ2v) is 5.92. The highest BCUT2D eigenvalue weighted by Gasteiger charge is 2.22. The molecular formula is C17H20FN5O. The van der Waals surface area contributed by atoms with Gasteiger partial charge in [0.05, 0.1) is 5.69 Å². The van der Waals surface area contributed by atoms with Crippen LogP contribution in [0, 0.1) is 12.7 Å². The highest BCUT2D eigenvalue weighted by molar-refractivity contribution is 5.92. The number of halogens is 1. The summed E-state index contributed by atoms with van der Waals surface area (Å²) in [4.78, 5) is 25.1. The van der Waals surface area contributed by atoms with Crippen LogP contribution in [0.3, 0.4) is 0 Å². The lowest BCUT2D eigenvalue weighted by Gasteiger charge is -2.32. The summed E-state index contributed by atoms with van der Waals surface area (Å²) < 4.78 is 13.8. The van der Waals surface area contributed by atoms with Crippen LogP contribution in [0.2, 0.25) is 0 Å². The monoisotopic (exact) mass is 329 g/mol. The lowest BCUT2D eigenvalue weighted by Crippen LogP contribution is -2.47. The molecule has 1 saturated heterocycles. The first-order valence-electron chi connectivity index (χ1n) is 7.88. The number of carbonyl (C=O) groups is 1.